The third-order valence-electron chi connectivity index (χ3n) is 6.45. The minimum atomic E-state index is -4.81. The maximum atomic E-state index is 12.6. The summed E-state index contributed by atoms with van der Waals surface area (Å²) in [6.45, 7) is 1.98. The summed E-state index contributed by atoms with van der Waals surface area (Å²) in [7, 11) is 0. The largest absolute Gasteiger partial charge is 0.573 e. The molecule has 7 nitrogen and oxygen atoms in total. The normalized spacial score (nSPS) is 11.9. The molecule has 0 aliphatic carbocycles. The van der Waals surface area contributed by atoms with Crippen LogP contribution in [0, 0.1) is 6.92 Å². The summed E-state index contributed by atoms with van der Waals surface area (Å²) < 4.78 is 41.9. The minimum Gasteiger partial charge on any atom is -0.481 e. The molecule has 0 radical (unpaired) electrons. The van der Waals surface area contributed by atoms with Crippen LogP contribution in [-0.4, -0.2) is 29.9 Å². The van der Waals surface area contributed by atoms with Crippen LogP contribution < -0.4 is 15.5 Å². The van der Waals surface area contributed by atoms with Gasteiger partial charge < -0.3 is 15.2 Å². The van der Waals surface area contributed by atoms with Gasteiger partial charge in [0.1, 0.15) is 11.9 Å². The molecule has 1 atom stereocenters. The van der Waals surface area contributed by atoms with E-state index in [0.29, 0.717) is 28.3 Å². The molecule has 4 aromatic carbocycles. The van der Waals surface area contributed by atoms with Gasteiger partial charge in [0.25, 0.3) is 5.91 Å². The molecule has 0 aromatic heterocycles. The van der Waals surface area contributed by atoms with E-state index in [1.807, 2.05) is 49.4 Å². The first-order valence-electron chi connectivity index (χ1n) is 13.2. The quantitative estimate of drug-likeness (QED) is 0.142. The lowest BCUT2D eigenvalue weighted by atomic mass is 10.00. The van der Waals surface area contributed by atoms with Gasteiger partial charge in [0.05, 0.1) is 12.1 Å². The third-order valence-corrected chi connectivity index (χ3v) is 6.69. The summed E-state index contributed by atoms with van der Waals surface area (Å²) in [6, 6.07) is 25.3. The molecule has 0 fully saturated rings. The van der Waals surface area contributed by atoms with Crippen molar-refractivity contribution in [2.75, 3.05) is 12.0 Å². The molecule has 11 heteroatoms. The second-order valence-corrected chi connectivity index (χ2v) is 10.1. The smallest absolute Gasteiger partial charge is 0.481 e. The van der Waals surface area contributed by atoms with Crippen molar-refractivity contribution in [1.82, 2.24) is 5.32 Å². The molecule has 224 valence electrons. The molecule has 43 heavy (non-hydrogen) atoms. The van der Waals surface area contributed by atoms with Crippen molar-refractivity contribution in [2.24, 2.45) is 0 Å². The van der Waals surface area contributed by atoms with E-state index in [9.17, 15) is 22.8 Å². The third kappa shape index (κ3) is 9.49. The van der Waals surface area contributed by atoms with Gasteiger partial charge in [0.2, 0.25) is 0 Å². The number of carbonyl (C=O) groups is 2. The lowest BCUT2D eigenvalue weighted by Crippen LogP contribution is -2.25. The minimum absolute atomic E-state index is 0.00579. The molecule has 0 saturated heterocycles. The number of amides is 1. The lowest BCUT2D eigenvalue weighted by molar-refractivity contribution is -0.274. The molecule has 1 unspecified atom stereocenters. The second-order valence-electron chi connectivity index (χ2n) is 9.66. The molecule has 0 saturated carbocycles. The number of hydrogen-bond donors (Lipinski definition) is 3. The van der Waals surface area contributed by atoms with Gasteiger partial charge in [-0.2, -0.15) is 0 Å². The predicted molar refractivity (Wildman–Crippen MR) is 157 cm³/mol. The van der Waals surface area contributed by atoms with E-state index < -0.39 is 24.3 Å². The summed E-state index contributed by atoms with van der Waals surface area (Å²) in [5.41, 5.74) is 8.39. The summed E-state index contributed by atoms with van der Waals surface area (Å²) in [6.07, 6.45) is -5.31. The standard InChI is InChI=1S/C32H28ClF3N2O5/c1-20-18-25(33)10-15-28(20)22-6-11-26(12-7-22)38-43-29(23-8-13-27(14-9-23)42-32(34,35)36)19-21-2-4-24(5-3-21)31(41)37-17-16-30(39)40/h2-15,18,29,38H,16-17,19H2,1H3,(H,37,41)(H,39,40). The van der Waals surface area contributed by atoms with Gasteiger partial charge in [-0.25, -0.2) is 0 Å². The Bertz CT molecular complexity index is 1540. The Labute approximate surface area is 251 Å². The number of nitrogens with one attached hydrogen (secondary N) is 2. The summed E-state index contributed by atoms with van der Waals surface area (Å²) in [5.74, 6) is -1.77. The monoisotopic (exact) mass is 612 g/mol. The van der Waals surface area contributed by atoms with Crippen molar-refractivity contribution >= 4 is 29.2 Å². The van der Waals surface area contributed by atoms with Crippen LogP contribution in [0.4, 0.5) is 18.9 Å². The first-order valence-corrected chi connectivity index (χ1v) is 13.6. The summed E-state index contributed by atoms with van der Waals surface area (Å²) in [5, 5.41) is 11.9. The molecule has 0 aliphatic rings. The first-order chi connectivity index (χ1) is 20.5. The maximum Gasteiger partial charge on any atom is 0.573 e. The molecular weight excluding hydrogens is 585 g/mol. The van der Waals surface area contributed by atoms with Crippen molar-refractivity contribution in [3.05, 3.63) is 118 Å². The van der Waals surface area contributed by atoms with Crippen LogP contribution in [0.2, 0.25) is 5.02 Å². The van der Waals surface area contributed by atoms with Crippen molar-refractivity contribution in [3.63, 3.8) is 0 Å². The van der Waals surface area contributed by atoms with Crippen LogP contribution in [0.1, 0.15) is 39.6 Å². The van der Waals surface area contributed by atoms with Crippen LogP contribution >= 0.6 is 11.6 Å². The summed E-state index contributed by atoms with van der Waals surface area (Å²) >= 11 is 6.08. The first kappa shape index (κ1) is 31.4. The fourth-order valence-corrected chi connectivity index (χ4v) is 4.54. The highest BCUT2D eigenvalue weighted by Gasteiger charge is 2.31. The molecule has 0 heterocycles. The second kappa shape index (κ2) is 14.1. The zero-order chi connectivity index (χ0) is 31.0. The Morgan fingerprint density at radius 3 is 2.21 bits per heavy atom. The Balaban J connectivity index is 1.48. The van der Waals surface area contributed by atoms with E-state index in [-0.39, 0.29) is 18.7 Å². The molecule has 0 spiro atoms. The highest BCUT2D eigenvalue weighted by Crippen LogP contribution is 2.30. The topological polar surface area (TPSA) is 96.9 Å². The molecular formula is C32H28ClF3N2O5. The number of aliphatic carboxylic acids is 1. The van der Waals surface area contributed by atoms with Crippen molar-refractivity contribution in [1.29, 1.82) is 0 Å². The molecule has 4 rings (SSSR count). The SMILES string of the molecule is Cc1cc(Cl)ccc1-c1ccc(NOC(Cc2ccc(C(=O)NCCC(=O)O)cc2)c2ccc(OC(F)(F)F)cc2)cc1. The highest BCUT2D eigenvalue weighted by atomic mass is 35.5. The zero-order valence-electron chi connectivity index (χ0n) is 23.0. The average molecular weight is 613 g/mol. The molecule has 0 aliphatic heterocycles. The number of ether oxygens (including phenoxy) is 1. The number of rotatable bonds is 12. The highest BCUT2D eigenvalue weighted by molar-refractivity contribution is 6.30. The number of carboxylic acid groups (broad SMARTS) is 1. The van der Waals surface area contributed by atoms with Crippen LogP contribution in [0.25, 0.3) is 11.1 Å². The van der Waals surface area contributed by atoms with E-state index in [2.05, 4.69) is 15.5 Å². The lowest BCUT2D eigenvalue weighted by Gasteiger charge is -2.20. The van der Waals surface area contributed by atoms with Crippen molar-refractivity contribution in [2.45, 2.75) is 32.2 Å². The van der Waals surface area contributed by atoms with E-state index >= 15 is 0 Å². The number of benzene rings is 4. The predicted octanol–water partition coefficient (Wildman–Crippen LogP) is 7.75. The van der Waals surface area contributed by atoms with Gasteiger partial charge in [0.15, 0.2) is 0 Å². The Morgan fingerprint density at radius 2 is 1.60 bits per heavy atom. The average Bonchev–Trinajstić information content (AvgIpc) is 2.95. The number of carbonyl (C=O) groups excluding carboxylic acids is 1. The number of anilines is 1. The van der Waals surface area contributed by atoms with Crippen LogP contribution in [0.15, 0.2) is 91.0 Å². The Hall–Kier alpha value is -4.54. The van der Waals surface area contributed by atoms with E-state index in [0.717, 1.165) is 22.3 Å². The van der Waals surface area contributed by atoms with Gasteiger partial charge in [-0.05, 0) is 83.3 Å². The van der Waals surface area contributed by atoms with Crippen molar-refractivity contribution < 1.29 is 37.4 Å². The Kier molecular flexibility index (Phi) is 10.3. The van der Waals surface area contributed by atoms with Gasteiger partial charge >= 0.3 is 12.3 Å². The molecule has 1 amide bonds. The van der Waals surface area contributed by atoms with E-state index in [4.69, 9.17) is 21.5 Å². The number of alkyl halides is 3. The molecule has 0 bridgehead atoms. The van der Waals surface area contributed by atoms with E-state index in [1.54, 1.807) is 24.3 Å². The van der Waals surface area contributed by atoms with Gasteiger partial charge in [-0.3, -0.25) is 19.9 Å². The fraction of sp³-hybridized carbons (Fsp3) is 0.188. The van der Waals surface area contributed by atoms with Crippen LogP contribution in [0.5, 0.6) is 5.75 Å². The van der Waals surface area contributed by atoms with Gasteiger partial charge in [-0.15, -0.1) is 13.2 Å². The number of carboxylic acids is 1. The van der Waals surface area contributed by atoms with Crippen LogP contribution in [-0.2, 0) is 16.1 Å². The van der Waals surface area contributed by atoms with E-state index in [1.165, 1.54) is 24.3 Å². The fourth-order valence-electron chi connectivity index (χ4n) is 4.31. The summed E-state index contributed by atoms with van der Waals surface area (Å²) in [4.78, 5) is 29.0. The zero-order valence-corrected chi connectivity index (χ0v) is 23.7. The maximum absolute atomic E-state index is 12.6. The number of halogens is 4. The molecule has 4 aromatic rings. The number of hydrogen-bond acceptors (Lipinski definition) is 5. The Morgan fingerprint density at radius 1 is 0.930 bits per heavy atom. The van der Waals surface area contributed by atoms with Crippen molar-refractivity contribution in [3.8, 4) is 16.9 Å². The van der Waals surface area contributed by atoms with Crippen LogP contribution in [0.3, 0.4) is 0 Å². The molecule has 3 N–H and O–H groups in total. The van der Waals surface area contributed by atoms with Gasteiger partial charge in [-0.1, -0.05) is 54.1 Å². The van der Waals surface area contributed by atoms with Gasteiger partial charge in [0, 0.05) is 23.6 Å². The number of aryl methyl sites for hydroxylation is 1.